The maximum absolute atomic E-state index is 11.8. The number of nitrogens with two attached hydrogens (primary N) is 1. The fraction of sp³-hybridized carbons (Fsp3) is 0.333. The summed E-state index contributed by atoms with van der Waals surface area (Å²) < 4.78 is 0. The number of carbonyl (C=O) groups is 3. The van der Waals surface area contributed by atoms with E-state index in [1.807, 2.05) is 6.92 Å². The first kappa shape index (κ1) is 17.4. The van der Waals surface area contributed by atoms with Crippen LogP contribution in [0, 0.1) is 0 Å². The summed E-state index contributed by atoms with van der Waals surface area (Å²) in [5.74, 6) is -0.982. The van der Waals surface area contributed by atoms with Gasteiger partial charge in [0, 0.05) is 23.4 Å². The molecule has 118 valence electrons. The average molecular weight is 304 g/mol. The first-order chi connectivity index (χ1) is 10.4. The molecule has 3 amide bonds. The molecule has 0 aromatic heterocycles. The zero-order chi connectivity index (χ0) is 16.5. The second-order valence-electron chi connectivity index (χ2n) is 4.81. The third-order valence-corrected chi connectivity index (χ3v) is 2.69. The summed E-state index contributed by atoms with van der Waals surface area (Å²) in [7, 11) is 0. The standard InChI is InChI=1S/C15H20N4O3/c1-3-4-14(21)17-12-7-5-11(6-8-12)15(22)19-18-10(2)9-13(16)20/h5-8H,3-4,9H2,1-2H3,(H2,16,20)(H,17,21)(H,19,22). The van der Waals surface area contributed by atoms with Gasteiger partial charge in [-0.3, -0.25) is 14.4 Å². The number of primary amides is 1. The van der Waals surface area contributed by atoms with E-state index in [9.17, 15) is 14.4 Å². The van der Waals surface area contributed by atoms with Crippen molar-refractivity contribution in [2.45, 2.75) is 33.1 Å². The Labute approximate surface area is 129 Å². The third kappa shape index (κ3) is 6.17. The van der Waals surface area contributed by atoms with Gasteiger partial charge in [0.1, 0.15) is 0 Å². The van der Waals surface area contributed by atoms with E-state index in [0.717, 1.165) is 6.42 Å². The molecule has 0 saturated heterocycles. The smallest absolute Gasteiger partial charge is 0.271 e. The minimum atomic E-state index is -0.511. The molecule has 1 aromatic carbocycles. The van der Waals surface area contributed by atoms with Crippen LogP contribution in [0.1, 0.15) is 43.5 Å². The Balaban J connectivity index is 2.60. The van der Waals surface area contributed by atoms with Gasteiger partial charge in [-0.1, -0.05) is 6.92 Å². The molecular formula is C15H20N4O3. The zero-order valence-electron chi connectivity index (χ0n) is 12.7. The van der Waals surface area contributed by atoms with Gasteiger partial charge in [-0.2, -0.15) is 5.10 Å². The summed E-state index contributed by atoms with van der Waals surface area (Å²) in [4.78, 5) is 34.0. The zero-order valence-corrected chi connectivity index (χ0v) is 12.7. The second-order valence-corrected chi connectivity index (χ2v) is 4.81. The Kier molecular flexibility index (Phi) is 6.75. The molecule has 1 rings (SSSR count). The number of carbonyl (C=O) groups excluding carboxylic acids is 3. The molecule has 0 heterocycles. The van der Waals surface area contributed by atoms with Crippen molar-refractivity contribution >= 4 is 29.1 Å². The first-order valence-corrected chi connectivity index (χ1v) is 6.94. The SMILES string of the molecule is CCCC(=O)Nc1ccc(C(=O)NN=C(C)CC(N)=O)cc1. The van der Waals surface area contributed by atoms with Gasteiger partial charge in [0.05, 0.1) is 6.42 Å². The summed E-state index contributed by atoms with van der Waals surface area (Å²) in [6.45, 7) is 3.52. The van der Waals surface area contributed by atoms with Crippen LogP contribution in [0.25, 0.3) is 0 Å². The number of hydrogen-bond donors (Lipinski definition) is 3. The Morgan fingerprint density at radius 2 is 1.82 bits per heavy atom. The van der Waals surface area contributed by atoms with Crippen LogP contribution in [0.2, 0.25) is 0 Å². The minimum Gasteiger partial charge on any atom is -0.369 e. The van der Waals surface area contributed by atoms with E-state index in [0.29, 0.717) is 23.4 Å². The van der Waals surface area contributed by atoms with E-state index < -0.39 is 11.8 Å². The van der Waals surface area contributed by atoms with Crippen LogP contribution in [0.3, 0.4) is 0 Å². The maximum atomic E-state index is 11.8. The molecule has 4 N–H and O–H groups in total. The van der Waals surface area contributed by atoms with Crippen LogP contribution in [0.5, 0.6) is 0 Å². The van der Waals surface area contributed by atoms with E-state index in [2.05, 4.69) is 15.8 Å². The molecule has 0 bridgehead atoms. The second kappa shape index (κ2) is 8.56. The molecule has 0 unspecified atom stereocenters. The van der Waals surface area contributed by atoms with Crippen LogP contribution < -0.4 is 16.5 Å². The van der Waals surface area contributed by atoms with Gasteiger partial charge >= 0.3 is 0 Å². The van der Waals surface area contributed by atoms with Crippen molar-refractivity contribution in [3.63, 3.8) is 0 Å². The van der Waals surface area contributed by atoms with Crippen molar-refractivity contribution in [1.82, 2.24) is 5.43 Å². The summed E-state index contributed by atoms with van der Waals surface area (Å²) in [5, 5.41) is 6.51. The van der Waals surface area contributed by atoms with E-state index in [1.165, 1.54) is 0 Å². The molecule has 0 aliphatic rings. The number of anilines is 1. The highest BCUT2D eigenvalue weighted by Crippen LogP contribution is 2.10. The molecule has 0 fully saturated rings. The lowest BCUT2D eigenvalue weighted by Crippen LogP contribution is -2.21. The fourth-order valence-electron chi connectivity index (χ4n) is 1.66. The topological polar surface area (TPSA) is 114 Å². The normalized spacial score (nSPS) is 10.9. The average Bonchev–Trinajstić information content (AvgIpc) is 2.45. The number of rotatable bonds is 7. The molecule has 22 heavy (non-hydrogen) atoms. The number of hydrogen-bond acceptors (Lipinski definition) is 4. The number of benzene rings is 1. The van der Waals surface area contributed by atoms with Crippen molar-refractivity contribution in [2.24, 2.45) is 10.8 Å². The first-order valence-electron chi connectivity index (χ1n) is 6.94. The molecule has 7 heteroatoms. The third-order valence-electron chi connectivity index (χ3n) is 2.69. The van der Waals surface area contributed by atoms with E-state index in [4.69, 9.17) is 5.73 Å². The van der Waals surface area contributed by atoms with E-state index in [1.54, 1.807) is 31.2 Å². The number of hydrazone groups is 1. The van der Waals surface area contributed by atoms with Crippen molar-refractivity contribution in [3.8, 4) is 0 Å². The Bertz CT molecular complexity index is 579. The molecular weight excluding hydrogens is 284 g/mol. The molecule has 0 aliphatic heterocycles. The molecule has 0 atom stereocenters. The van der Waals surface area contributed by atoms with Gasteiger partial charge in [0.15, 0.2) is 0 Å². The maximum Gasteiger partial charge on any atom is 0.271 e. The summed E-state index contributed by atoms with van der Waals surface area (Å²) in [6, 6.07) is 6.44. The molecule has 0 spiro atoms. The van der Waals surface area contributed by atoms with E-state index in [-0.39, 0.29) is 12.3 Å². The number of nitrogens with one attached hydrogen (secondary N) is 2. The lowest BCUT2D eigenvalue weighted by Gasteiger charge is -2.05. The summed E-state index contributed by atoms with van der Waals surface area (Å²) >= 11 is 0. The van der Waals surface area contributed by atoms with Crippen LogP contribution in [-0.2, 0) is 9.59 Å². The molecule has 7 nitrogen and oxygen atoms in total. The van der Waals surface area contributed by atoms with Gasteiger partial charge in [0.25, 0.3) is 5.91 Å². The van der Waals surface area contributed by atoms with Crippen LogP contribution in [0.15, 0.2) is 29.4 Å². The molecule has 0 radical (unpaired) electrons. The highest BCUT2D eigenvalue weighted by Gasteiger charge is 2.06. The molecule has 1 aromatic rings. The summed E-state index contributed by atoms with van der Waals surface area (Å²) in [6.07, 6.45) is 1.22. The highest BCUT2D eigenvalue weighted by atomic mass is 16.2. The molecule has 0 saturated carbocycles. The van der Waals surface area contributed by atoms with Crippen molar-refractivity contribution in [3.05, 3.63) is 29.8 Å². The monoisotopic (exact) mass is 304 g/mol. The van der Waals surface area contributed by atoms with Crippen molar-refractivity contribution in [2.75, 3.05) is 5.32 Å². The van der Waals surface area contributed by atoms with Crippen LogP contribution >= 0.6 is 0 Å². The number of nitrogens with zero attached hydrogens (tertiary/aromatic N) is 1. The number of amides is 3. The minimum absolute atomic E-state index is 0.0112. The van der Waals surface area contributed by atoms with Gasteiger partial charge < -0.3 is 11.1 Å². The predicted molar refractivity (Wildman–Crippen MR) is 84.4 cm³/mol. The Hall–Kier alpha value is -2.70. The van der Waals surface area contributed by atoms with Crippen molar-refractivity contribution < 1.29 is 14.4 Å². The van der Waals surface area contributed by atoms with Gasteiger partial charge in [-0.05, 0) is 37.6 Å². The molecule has 0 aliphatic carbocycles. The summed E-state index contributed by atoms with van der Waals surface area (Å²) in [5.41, 5.74) is 8.80. The van der Waals surface area contributed by atoms with Gasteiger partial charge in [0.2, 0.25) is 11.8 Å². The fourth-order valence-corrected chi connectivity index (χ4v) is 1.66. The van der Waals surface area contributed by atoms with Crippen LogP contribution in [0.4, 0.5) is 5.69 Å². The Morgan fingerprint density at radius 3 is 2.36 bits per heavy atom. The lowest BCUT2D eigenvalue weighted by molar-refractivity contribution is -0.117. The lowest BCUT2D eigenvalue weighted by atomic mass is 10.2. The largest absolute Gasteiger partial charge is 0.369 e. The van der Waals surface area contributed by atoms with Crippen LogP contribution in [-0.4, -0.2) is 23.4 Å². The Morgan fingerprint density at radius 1 is 1.18 bits per heavy atom. The van der Waals surface area contributed by atoms with E-state index >= 15 is 0 Å². The van der Waals surface area contributed by atoms with Gasteiger partial charge in [-0.25, -0.2) is 5.43 Å². The highest BCUT2D eigenvalue weighted by molar-refractivity contribution is 6.00. The quantitative estimate of drug-likeness (QED) is 0.522. The predicted octanol–water partition coefficient (Wildman–Crippen LogP) is 1.41. The van der Waals surface area contributed by atoms with Gasteiger partial charge in [-0.15, -0.1) is 0 Å². The van der Waals surface area contributed by atoms with Crippen molar-refractivity contribution in [1.29, 1.82) is 0 Å².